The van der Waals surface area contributed by atoms with E-state index in [1.54, 1.807) is 0 Å². The van der Waals surface area contributed by atoms with Crippen molar-refractivity contribution in [3.05, 3.63) is 35.4 Å². The summed E-state index contributed by atoms with van der Waals surface area (Å²) in [7, 11) is 0. The first-order valence-corrected chi connectivity index (χ1v) is 6.13. The molecule has 16 heavy (non-hydrogen) atoms. The quantitative estimate of drug-likeness (QED) is 0.571. The van der Waals surface area contributed by atoms with Gasteiger partial charge in [-0.3, -0.25) is 11.3 Å². The van der Waals surface area contributed by atoms with Crippen molar-refractivity contribution in [3.8, 4) is 0 Å². The average Bonchev–Trinajstić information content (AvgIpc) is 2.24. The molecule has 0 saturated heterocycles. The van der Waals surface area contributed by atoms with Gasteiger partial charge in [-0.25, -0.2) is 0 Å². The Morgan fingerprint density at radius 1 is 1.31 bits per heavy atom. The molecule has 0 radical (unpaired) electrons. The normalized spacial score (nSPS) is 13.1. The van der Waals surface area contributed by atoms with E-state index in [1.807, 2.05) is 0 Å². The van der Waals surface area contributed by atoms with Crippen molar-refractivity contribution in [1.82, 2.24) is 5.43 Å². The van der Waals surface area contributed by atoms with Crippen molar-refractivity contribution >= 4 is 0 Å². The number of rotatable bonds is 6. The second-order valence-electron chi connectivity index (χ2n) is 5.02. The molecule has 0 amide bonds. The zero-order valence-corrected chi connectivity index (χ0v) is 10.7. The molecule has 0 aliphatic heterocycles. The summed E-state index contributed by atoms with van der Waals surface area (Å²) >= 11 is 0. The van der Waals surface area contributed by atoms with Crippen molar-refractivity contribution in [1.29, 1.82) is 0 Å². The molecule has 1 unspecified atom stereocenters. The fraction of sp³-hybridized carbons (Fsp3) is 0.571. The highest BCUT2D eigenvalue weighted by Crippen LogP contribution is 2.12. The fourth-order valence-corrected chi connectivity index (χ4v) is 2.05. The van der Waals surface area contributed by atoms with E-state index in [4.69, 9.17) is 5.84 Å². The number of benzene rings is 1. The van der Waals surface area contributed by atoms with Crippen molar-refractivity contribution in [2.24, 2.45) is 11.8 Å². The first-order chi connectivity index (χ1) is 7.61. The van der Waals surface area contributed by atoms with Crippen LogP contribution in [0.2, 0.25) is 0 Å². The van der Waals surface area contributed by atoms with Crippen LogP contribution in [-0.2, 0) is 6.42 Å². The second-order valence-corrected chi connectivity index (χ2v) is 5.02. The van der Waals surface area contributed by atoms with Crippen LogP contribution < -0.4 is 11.3 Å². The molecular weight excluding hydrogens is 196 g/mol. The van der Waals surface area contributed by atoms with Crippen LogP contribution in [0.15, 0.2) is 24.3 Å². The Kier molecular flexibility index (Phi) is 5.50. The predicted octanol–water partition coefficient (Wildman–Crippen LogP) is 2.81. The van der Waals surface area contributed by atoms with Gasteiger partial charge in [-0.1, -0.05) is 43.7 Å². The van der Waals surface area contributed by atoms with Gasteiger partial charge in [0, 0.05) is 6.04 Å². The van der Waals surface area contributed by atoms with E-state index in [2.05, 4.69) is 50.5 Å². The Bertz CT molecular complexity index is 307. The molecule has 2 heteroatoms. The van der Waals surface area contributed by atoms with E-state index >= 15 is 0 Å². The molecule has 1 atom stereocenters. The van der Waals surface area contributed by atoms with Crippen LogP contribution in [0, 0.1) is 12.8 Å². The lowest BCUT2D eigenvalue weighted by Gasteiger charge is -2.17. The van der Waals surface area contributed by atoms with E-state index in [1.165, 1.54) is 11.1 Å². The van der Waals surface area contributed by atoms with Gasteiger partial charge in [-0.05, 0) is 37.7 Å². The Labute approximate surface area is 99.2 Å². The third-order valence-electron chi connectivity index (χ3n) is 2.86. The third-order valence-corrected chi connectivity index (χ3v) is 2.86. The Hall–Kier alpha value is -0.860. The van der Waals surface area contributed by atoms with Crippen molar-refractivity contribution < 1.29 is 0 Å². The molecule has 0 saturated carbocycles. The number of nitrogens with two attached hydrogens (primary N) is 1. The van der Waals surface area contributed by atoms with Gasteiger partial charge in [-0.2, -0.15) is 0 Å². The zero-order chi connectivity index (χ0) is 12.0. The van der Waals surface area contributed by atoms with Crippen LogP contribution in [-0.4, -0.2) is 6.04 Å². The third kappa shape index (κ3) is 4.77. The summed E-state index contributed by atoms with van der Waals surface area (Å²) in [5.74, 6) is 6.26. The summed E-state index contributed by atoms with van der Waals surface area (Å²) in [6.07, 6.45) is 3.35. The predicted molar refractivity (Wildman–Crippen MR) is 70.1 cm³/mol. The number of hydrogen-bond donors (Lipinski definition) is 2. The summed E-state index contributed by atoms with van der Waals surface area (Å²) in [4.78, 5) is 0. The first kappa shape index (κ1) is 13.2. The van der Waals surface area contributed by atoms with Crippen LogP contribution in [0.5, 0.6) is 0 Å². The Morgan fingerprint density at radius 3 is 2.62 bits per heavy atom. The molecule has 90 valence electrons. The van der Waals surface area contributed by atoms with Crippen LogP contribution in [0.25, 0.3) is 0 Å². The fourth-order valence-electron chi connectivity index (χ4n) is 2.05. The second kappa shape index (κ2) is 6.66. The van der Waals surface area contributed by atoms with Crippen molar-refractivity contribution in [2.75, 3.05) is 0 Å². The smallest absolute Gasteiger partial charge is 0.0216 e. The topological polar surface area (TPSA) is 38.0 Å². The summed E-state index contributed by atoms with van der Waals surface area (Å²) < 4.78 is 0. The standard InChI is InChI=1S/C14H24N2/c1-11(2)9-14(16-15)8-7-13-6-4-5-12(3)10-13/h4-6,10-11,14,16H,7-9,15H2,1-3H3. The SMILES string of the molecule is Cc1cccc(CCC(CC(C)C)NN)c1. The molecule has 1 aromatic rings. The molecule has 0 fully saturated rings. The van der Waals surface area contributed by atoms with Gasteiger partial charge >= 0.3 is 0 Å². The molecule has 0 aliphatic rings. The maximum absolute atomic E-state index is 5.57. The van der Waals surface area contributed by atoms with Gasteiger partial charge in [0.2, 0.25) is 0 Å². The van der Waals surface area contributed by atoms with Crippen molar-refractivity contribution in [2.45, 2.75) is 46.1 Å². The summed E-state index contributed by atoms with van der Waals surface area (Å²) in [6.45, 7) is 6.60. The number of hydrogen-bond acceptors (Lipinski definition) is 2. The monoisotopic (exact) mass is 220 g/mol. The molecule has 0 heterocycles. The number of hydrazine groups is 1. The van der Waals surface area contributed by atoms with Crippen LogP contribution in [0.3, 0.4) is 0 Å². The molecule has 0 aromatic heterocycles. The van der Waals surface area contributed by atoms with E-state index in [0.29, 0.717) is 12.0 Å². The highest BCUT2D eigenvalue weighted by atomic mass is 15.2. The van der Waals surface area contributed by atoms with Gasteiger partial charge in [0.1, 0.15) is 0 Å². The molecule has 2 nitrogen and oxygen atoms in total. The summed E-state index contributed by atoms with van der Waals surface area (Å²) in [6, 6.07) is 9.13. The van der Waals surface area contributed by atoms with Crippen LogP contribution >= 0.6 is 0 Å². The lowest BCUT2D eigenvalue weighted by molar-refractivity contribution is 0.405. The molecule has 0 aliphatic carbocycles. The van der Waals surface area contributed by atoms with E-state index in [-0.39, 0.29) is 0 Å². The highest BCUT2D eigenvalue weighted by Gasteiger charge is 2.08. The highest BCUT2D eigenvalue weighted by molar-refractivity contribution is 5.22. The van der Waals surface area contributed by atoms with Crippen LogP contribution in [0.4, 0.5) is 0 Å². The van der Waals surface area contributed by atoms with Crippen molar-refractivity contribution in [3.63, 3.8) is 0 Å². The van der Waals surface area contributed by atoms with Gasteiger partial charge < -0.3 is 0 Å². The van der Waals surface area contributed by atoms with E-state index < -0.39 is 0 Å². The Morgan fingerprint density at radius 2 is 2.06 bits per heavy atom. The largest absolute Gasteiger partial charge is 0.271 e. The molecule has 1 aromatic carbocycles. The minimum atomic E-state index is 0.431. The molecule has 1 rings (SSSR count). The molecule has 0 spiro atoms. The first-order valence-electron chi connectivity index (χ1n) is 6.13. The maximum atomic E-state index is 5.57. The lowest BCUT2D eigenvalue weighted by Crippen LogP contribution is -2.36. The van der Waals surface area contributed by atoms with Crippen LogP contribution in [0.1, 0.15) is 37.8 Å². The summed E-state index contributed by atoms with van der Waals surface area (Å²) in [5.41, 5.74) is 5.66. The number of nitrogens with one attached hydrogen (secondary N) is 1. The average molecular weight is 220 g/mol. The van der Waals surface area contributed by atoms with E-state index in [9.17, 15) is 0 Å². The lowest BCUT2D eigenvalue weighted by atomic mass is 9.97. The minimum absolute atomic E-state index is 0.431. The van der Waals surface area contributed by atoms with E-state index in [0.717, 1.165) is 19.3 Å². The minimum Gasteiger partial charge on any atom is -0.271 e. The van der Waals surface area contributed by atoms with Gasteiger partial charge in [-0.15, -0.1) is 0 Å². The molecule has 3 N–H and O–H groups in total. The van der Waals surface area contributed by atoms with Gasteiger partial charge in [0.15, 0.2) is 0 Å². The maximum Gasteiger partial charge on any atom is 0.0216 e. The molecule has 0 bridgehead atoms. The summed E-state index contributed by atoms with van der Waals surface area (Å²) in [5, 5.41) is 0. The Balaban J connectivity index is 2.43. The van der Waals surface area contributed by atoms with Gasteiger partial charge in [0.05, 0.1) is 0 Å². The molecular formula is C14H24N2. The number of aryl methyl sites for hydroxylation is 2. The van der Waals surface area contributed by atoms with Gasteiger partial charge in [0.25, 0.3) is 0 Å². The zero-order valence-electron chi connectivity index (χ0n) is 10.7.